The van der Waals surface area contributed by atoms with Crippen LogP contribution in [0.15, 0.2) is 79.1 Å². The maximum atomic E-state index is 14.1. The number of benzene rings is 3. The van der Waals surface area contributed by atoms with Crippen LogP contribution in [0, 0.1) is 11.6 Å². The summed E-state index contributed by atoms with van der Waals surface area (Å²) in [6.45, 7) is 0.632. The zero-order valence-electron chi connectivity index (χ0n) is 16.6. The zero-order chi connectivity index (χ0) is 22.2. The molecule has 0 spiro atoms. The fourth-order valence-corrected chi connectivity index (χ4v) is 4.16. The van der Waals surface area contributed by atoms with E-state index in [9.17, 15) is 8.78 Å². The van der Waals surface area contributed by atoms with E-state index in [0.29, 0.717) is 27.9 Å². The highest BCUT2D eigenvalue weighted by molar-refractivity contribution is 6.36. The van der Waals surface area contributed by atoms with E-state index in [1.807, 2.05) is 59.4 Å². The fraction of sp³-hybridized carbons (Fsp3) is 0.0400. The normalized spacial score (nSPS) is 11.2. The number of halogens is 4. The maximum absolute atomic E-state index is 14.1. The van der Waals surface area contributed by atoms with Gasteiger partial charge in [0.05, 0.1) is 5.56 Å². The van der Waals surface area contributed by atoms with Crippen LogP contribution in [0.4, 0.5) is 8.78 Å². The van der Waals surface area contributed by atoms with Crippen molar-refractivity contribution in [1.29, 1.82) is 0 Å². The lowest BCUT2D eigenvalue weighted by molar-refractivity contribution is -0.687. The van der Waals surface area contributed by atoms with E-state index in [1.54, 1.807) is 6.07 Å². The molecule has 7 heteroatoms. The van der Waals surface area contributed by atoms with Crippen LogP contribution in [-0.2, 0) is 6.54 Å². The standard InChI is InChI=1S/C25H15Cl2F2N3/c26-17-8-9-18(20(27)12-17)16-6-4-15(5-7-16)13-32-11-10-22-23(14-32)31-25(30-22)19-2-1-3-21(28)24(19)29/h1-12,14H,13H2/p+1. The number of H-pyrrole nitrogens is 1. The smallest absolute Gasteiger partial charge is 0.195 e. The van der Waals surface area contributed by atoms with Gasteiger partial charge in [-0.2, -0.15) is 4.57 Å². The van der Waals surface area contributed by atoms with Crippen LogP contribution in [0.5, 0.6) is 0 Å². The molecule has 158 valence electrons. The largest absolute Gasteiger partial charge is 0.333 e. The number of fused-ring (bicyclic) bond motifs is 1. The van der Waals surface area contributed by atoms with Crippen molar-refractivity contribution in [3.05, 3.63) is 106 Å². The van der Waals surface area contributed by atoms with E-state index in [0.717, 1.165) is 28.3 Å². The highest BCUT2D eigenvalue weighted by Crippen LogP contribution is 2.30. The van der Waals surface area contributed by atoms with Crippen LogP contribution < -0.4 is 4.57 Å². The second-order valence-corrected chi connectivity index (χ2v) is 8.27. The van der Waals surface area contributed by atoms with Crippen LogP contribution in [0.1, 0.15) is 5.56 Å². The molecule has 0 aliphatic carbocycles. The summed E-state index contributed by atoms with van der Waals surface area (Å²) in [5.41, 5.74) is 4.53. The predicted molar refractivity (Wildman–Crippen MR) is 123 cm³/mol. The van der Waals surface area contributed by atoms with Gasteiger partial charge in [-0.05, 0) is 29.8 Å². The molecule has 0 aliphatic rings. The van der Waals surface area contributed by atoms with Gasteiger partial charge in [0.1, 0.15) is 16.9 Å². The maximum Gasteiger partial charge on any atom is 0.195 e. The molecule has 0 amide bonds. The van der Waals surface area contributed by atoms with Crippen molar-refractivity contribution < 1.29 is 13.3 Å². The fourth-order valence-electron chi connectivity index (χ4n) is 3.64. The van der Waals surface area contributed by atoms with Crippen LogP contribution >= 0.6 is 23.2 Å². The Bertz CT molecular complexity index is 1450. The number of hydrogen-bond donors (Lipinski definition) is 1. The van der Waals surface area contributed by atoms with Crippen LogP contribution in [-0.4, -0.2) is 9.97 Å². The van der Waals surface area contributed by atoms with Crippen molar-refractivity contribution in [1.82, 2.24) is 9.97 Å². The van der Waals surface area contributed by atoms with Crippen LogP contribution in [0.2, 0.25) is 10.0 Å². The third-order valence-electron chi connectivity index (χ3n) is 5.25. The van der Waals surface area contributed by atoms with E-state index in [4.69, 9.17) is 23.2 Å². The first-order valence-corrected chi connectivity index (χ1v) is 10.6. The zero-order valence-corrected chi connectivity index (χ0v) is 18.1. The van der Waals surface area contributed by atoms with Crippen molar-refractivity contribution >= 4 is 34.2 Å². The number of pyridine rings is 1. The second kappa shape index (κ2) is 8.34. The minimum Gasteiger partial charge on any atom is -0.333 e. The summed E-state index contributed by atoms with van der Waals surface area (Å²) in [6, 6.07) is 19.4. The quantitative estimate of drug-likeness (QED) is 0.289. The molecule has 3 aromatic carbocycles. The summed E-state index contributed by atoms with van der Waals surface area (Å²) >= 11 is 12.3. The summed E-state index contributed by atoms with van der Waals surface area (Å²) in [5.74, 6) is -1.53. The number of hydrogen-bond acceptors (Lipinski definition) is 1. The molecule has 0 aliphatic heterocycles. The van der Waals surface area contributed by atoms with Crippen LogP contribution in [0.3, 0.4) is 0 Å². The molecular weight excluding hydrogens is 451 g/mol. The van der Waals surface area contributed by atoms with Crippen molar-refractivity contribution in [2.24, 2.45) is 0 Å². The molecule has 2 aromatic heterocycles. The summed E-state index contributed by atoms with van der Waals surface area (Å²) in [6.07, 6.45) is 3.80. The van der Waals surface area contributed by atoms with Gasteiger partial charge in [-0.3, -0.25) is 0 Å². The average Bonchev–Trinajstić information content (AvgIpc) is 3.19. The number of aromatic nitrogens is 3. The molecule has 0 saturated carbocycles. The molecular formula is C25H16Cl2F2N3+. The van der Waals surface area contributed by atoms with E-state index < -0.39 is 11.6 Å². The van der Waals surface area contributed by atoms with Gasteiger partial charge in [0.15, 0.2) is 30.6 Å². The lowest BCUT2D eigenvalue weighted by Gasteiger charge is -2.06. The Morgan fingerprint density at radius 3 is 2.50 bits per heavy atom. The lowest BCUT2D eigenvalue weighted by atomic mass is 10.0. The first-order chi connectivity index (χ1) is 15.5. The number of aromatic amines is 1. The Balaban J connectivity index is 1.40. The summed E-state index contributed by atoms with van der Waals surface area (Å²) in [5, 5.41) is 1.21. The van der Waals surface area contributed by atoms with Crippen molar-refractivity contribution in [3.8, 4) is 22.5 Å². The summed E-state index contributed by atoms with van der Waals surface area (Å²) in [7, 11) is 0. The third-order valence-corrected chi connectivity index (χ3v) is 5.80. The first-order valence-electron chi connectivity index (χ1n) is 9.85. The van der Waals surface area contributed by atoms with Gasteiger partial charge in [-0.25, -0.2) is 13.8 Å². The van der Waals surface area contributed by atoms with Gasteiger partial charge < -0.3 is 4.98 Å². The Hall–Kier alpha value is -3.28. The van der Waals surface area contributed by atoms with Crippen molar-refractivity contribution in [2.75, 3.05) is 0 Å². The van der Waals surface area contributed by atoms with E-state index in [-0.39, 0.29) is 5.56 Å². The van der Waals surface area contributed by atoms with Gasteiger partial charge in [-0.1, -0.05) is 59.6 Å². The molecule has 3 nitrogen and oxygen atoms in total. The first kappa shape index (κ1) is 20.6. The van der Waals surface area contributed by atoms with Gasteiger partial charge in [-0.15, -0.1) is 0 Å². The summed E-state index contributed by atoms with van der Waals surface area (Å²) in [4.78, 5) is 7.48. The predicted octanol–water partition coefficient (Wildman–Crippen LogP) is 6.82. The van der Waals surface area contributed by atoms with Gasteiger partial charge >= 0.3 is 0 Å². The average molecular weight is 467 g/mol. The SMILES string of the molecule is Fc1cccc(-c2nc3cc[n+](Cc4ccc(-c5ccc(Cl)cc5Cl)cc4)cc3[nH]2)c1F. The lowest BCUT2D eigenvalue weighted by Crippen LogP contribution is -2.33. The van der Waals surface area contributed by atoms with Gasteiger partial charge in [0, 0.05) is 27.2 Å². The van der Waals surface area contributed by atoms with Crippen molar-refractivity contribution in [3.63, 3.8) is 0 Å². The molecule has 0 bridgehead atoms. The monoisotopic (exact) mass is 466 g/mol. The minimum absolute atomic E-state index is 0.101. The van der Waals surface area contributed by atoms with E-state index in [2.05, 4.69) is 9.97 Å². The Morgan fingerprint density at radius 2 is 1.72 bits per heavy atom. The molecule has 2 heterocycles. The molecule has 5 aromatic rings. The minimum atomic E-state index is -0.916. The Labute approximate surface area is 192 Å². The highest BCUT2D eigenvalue weighted by Gasteiger charge is 2.15. The topological polar surface area (TPSA) is 32.6 Å². The van der Waals surface area contributed by atoms with Crippen LogP contribution in [0.25, 0.3) is 33.5 Å². The van der Waals surface area contributed by atoms with Gasteiger partial charge in [0.2, 0.25) is 0 Å². The number of nitrogens with one attached hydrogen (secondary N) is 1. The molecule has 32 heavy (non-hydrogen) atoms. The molecule has 0 saturated heterocycles. The number of rotatable bonds is 4. The van der Waals surface area contributed by atoms with Crippen molar-refractivity contribution in [2.45, 2.75) is 6.54 Å². The Kier molecular flexibility index (Phi) is 5.37. The second-order valence-electron chi connectivity index (χ2n) is 7.42. The molecule has 0 atom stereocenters. The number of nitrogens with zero attached hydrogens (tertiary/aromatic N) is 2. The van der Waals surface area contributed by atoms with E-state index >= 15 is 0 Å². The number of imidazole rings is 1. The third kappa shape index (κ3) is 3.97. The Morgan fingerprint density at radius 1 is 0.906 bits per heavy atom. The van der Waals surface area contributed by atoms with Gasteiger partial charge in [0.25, 0.3) is 0 Å². The molecule has 1 N–H and O–H groups in total. The molecule has 0 unspecified atom stereocenters. The molecule has 0 radical (unpaired) electrons. The van der Waals surface area contributed by atoms with E-state index in [1.165, 1.54) is 12.1 Å². The summed E-state index contributed by atoms with van der Waals surface area (Å²) < 4.78 is 29.7. The highest BCUT2D eigenvalue weighted by atomic mass is 35.5. The molecule has 5 rings (SSSR count). The molecule has 0 fully saturated rings.